The van der Waals surface area contributed by atoms with E-state index in [4.69, 9.17) is 9.47 Å². The molecule has 1 aromatic rings. The van der Waals surface area contributed by atoms with E-state index in [0.717, 1.165) is 11.3 Å². The van der Waals surface area contributed by atoms with E-state index in [0.29, 0.717) is 6.61 Å². The predicted octanol–water partition coefficient (Wildman–Crippen LogP) is 1.31. The van der Waals surface area contributed by atoms with E-state index in [2.05, 4.69) is 5.32 Å². The number of nitrogens with one attached hydrogen (secondary N) is 1. The van der Waals surface area contributed by atoms with Gasteiger partial charge in [-0.15, -0.1) is 0 Å². The Labute approximate surface area is 112 Å². The van der Waals surface area contributed by atoms with E-state index < -0.39 is 12.0 Å². The summed E-state index contributed by atoms with van der Waals surface area (Å²) in [5, 5.41) is 2.60. The monoisotopic (exact) mass is 265 g/mol. The van der Waals surface area contributed by atoms with Gasteiger partial charge in [-0.1, -0.05) is 12.1 Å². The molecule has 0 heterocycles. The summed E-state index contributed by atoms with van der Waals surface area (Å²) in [4.78, 5) is 23.1. The zero-order chi connectivity index (χ0) is 14.3. The molecule has 19 heavy (non-hydrogen) atoms. The molecule has 0 saturated heterocycles. The number of hydrogen-bond donors (Lipinski definition) is 1. The molecule has 1 atom stereocenters. The van der Waals surface area contributed by atoms with E-state index in [1.165, 1.54) is 0 Å². The van der Waals surface area contributed by atoms with Gasteiger partial charge in [0.1, 0.15) is 11.8 Å². The maximum absolute atomic E-state index is 11.7. The van der Waals surface area contributed by atoms with Gasteiger partial charge in [-0.3, -0.25) is 4.79 Å². The molecule has 0 aromatic heterocycles. The van der Waals surface area contributed by atoms with Crippen LogP contribution in [0.2, 0.25) is 0 Å². The van der Waals surface area contributed by atoms with Crippen LogP contribution in [0, 0.1) is 0 Å². The van der Waals surface area contributed by atoms with Crippen molar-refractivity contribution < 1.29 is 19.1 Å². The molecule has 0 aliphatic heterocycles. The van der Waals surface area contributed by atoms with Crippen molar-refractivity contribution >= 4 is 11.9 Å². The highest BCUT2D eigenvalue weighted by molar-refractivity contribution is 5.85. The van der Waals surface area contributed by atoms with Gasteiger partial charge in [-0.25, -0.2) is 4.79 Å². The first-order valence-corrected chi connectivity index (χ1v) is 6.15. The number of carbonyl (C=O) groups is 2. The maximum atomic E-state index is 11.7. The normalized spacial score (nSPS) is 11.5. The lowest BCUT2D eigenvalue weighted by Crippen LogP contribution is -2.40. The second kappa shape index (κ2) is 7.41. The Hall–Kier alpha value is -2.04. The number of hydrogen-bond acceptors (Lipinski definition) is 4. The Morgan fingerprint density at radius 2 is 1.89 bits per heavy atom. The number of methoxy groups -OCH3 is 1. The summed E-state index contributed by atoms with van der Waals surface area (Å²) < 4.78 is 9.85. The summed E-state index contributed by atoms with van der Waals surface area (Å²) in [5.74, 6) is 0.0975. The molecule has 0 aliphatic rings. The Kier molecular flexibility index (Phi) is 5.85. The minimum Gasteiger partial charge on any atom is -0.497 e. The van der Waals surface area contributed by atoms with Crippen molar-refractivity contribution in [2.75, 3.05) is 13.7 Å². The molecule has 0 aliphatic carbocycles. The molecule has 0 radical (unpaired) electrons. The van der Waals surface area contributed by atoms with Gasteiger partial charge >= 0.3 is 5.97 Å². The summed E-state index contributed by atoms with van der Waals surface area (Å²) in [6.07, 6.45) is 0.216. The second-order valence-corrected chi connectivity index (χ2v) is 4.07. The first-order valence-electron chi connectivity index (χ1n) is 6.15. The number of amides is 1. The zero-order valence-corrected chi connectivity index (χ0v) is 11.4. The molecule has 5 nitrogen and oxygen atoms in total. The van der Waals surface area contributed by atoms with Gasteiger partial charge in [0, 0.05) is 0 Å². The van der Waals surface area contributed by atoms with Gasteiger partial charge in [0.15, 0.2) is 0 Å². The van der Waals surface area contributed by atoms with Crippen LogP contribution in [0.4, 0.5) is 0 Å². The minimum atomic E-state index is -0.634. The number of ether oxygens (including phenoxy) is 2. The number of carbonyl (C=O) groups excluding carboxylic acids is 2. The molecule has 5 heteroatoms. The SMILES string of the molecule is CCOC(=O)C(C)NC(=O)Cc1ccc(OC)cc1. The quantitative estimate of drug-likeness (QED) is 0.788. The van der Waals surface area contributed by atoms with Gasteiger partial charge in [-0.2, -0.15) is 0 Å². The highest BCUT2D eigenvalue weighted by atomic mass is 16.5. The molecule has 1 N–H and O–H groups in total. The second-order valence-electron chi connectivity index (χ2n) is 4.07. The first-order chi connectivity index (χ1) is 9.06. The van der Waals surface area contributed by atoms with Crippen LogP contribution in [-0.4, -0.2) is 31.6 Å². The summed E-state index contributed by atoms with van der Waals surface area (Å²) >= 11 is 0. The van der Waals surface area contributed by atoms with Crippen LogP contribution in [-0.2, 0) is 20.7 Å². The van der Waals surface area contributed by atoms with Gasteiger partial charge in [-0.05, 0) is 31.5 Å². The molecule has 0 bridgehead atoms. The predicted molar refractivity (Wildman–Crippen MR) is 70.9 cm³/mol. The molecule has 104 valence electrons. The van der Waals surface area contributed by atoms with Crippen molar-refractivity contribution in [2.24, 2.45) is 0 Å². The van der Waals surface area contributed by atoms with Crippen LogP contribution >= 0.6 is 0 Å². The molecule has 1 aromatic carbocycles. The van der Waals surface area contributed by atoms with Gasteiger partial charge in [0.2, 0.25) is 5.91 Å². The van der Waals surface area contributed by atoms with Crippen LogP contribution in [0.25, 0.3) is 0 Å². The topological polar surface area (TPSA) is 64.6 Å². The summed E-state index contributed by atoms with van der Waals surface area (Å²) in [7, 11) is 1.59. The number of benzene rings is 1. The molecule has 0 spiro atoms. The Morgan fingerprint density at radius 3 is 2.42 bits per heavy atom. The molecule has 1 amide bonds. The largest absolute Gasteiger partial charge is 0.497 e. The van der Waals surface area contributed by atoms with Crippen LogP contribution < -0.4 is 10.1 Å². The fraction of sp³-hybridized carbons (Fsp3) is 0.429. The van der Waals surface area contributed by atoms with Crippen LogP contribution in [0.15, 0.2) is 24.3 Å². The Morgan fingerprint density at radius 1 is 1.26 bits per heavy atom. The zero-order valence-electron chi connectivity index (χ0n) is 11.4. The van der Waals surface area contributed by atoms with E-state index in [-0.39, 0.29) is 12.3 Å². The fourth-order valence-corrected chi connectivity index (χ4v) is 1.55. The third-order valence-electron chi connectivity index (χ3n) is 2.54. The molecular formula is C14H19NO4. The standard InChI is InChI=1S/C14H19NO4/c1-4-19-14(17)10(2)15-13(16)9-11-5-7-12(18-3)8-6-11/h5-8,10H,4,9H2,1-3H3,(H,15,16). The lowest BCUT2D eigenvalue weighted by Gasteiger charge is -2.12. The van der Waals surface area contributed by atoms with Crippen molar-refractivity contribution in [1.29, 1.82) is 0 Å². The number of rotatable bonds is 6. The van der Waals surface area contributed by atoms with Gasteiger partial charge in [0.05, 0.1) is 20.1 Å². The van der Waals surface area contributed by atoms with Crippen molar-refractivity contribution in [3.05, 3.63) is 29.8 Å². The first kappa shape index (κ1) is 15.0. The van der Waals surface area contributed by atoms with Crippen LogP contribution in [0.3, 0.4) is 0 Å². The van der Waals surface area contributed by atoms with Crippen molar-refractivity contribution in [3.63, 3.8) is 0 Å². The molecule has 1 rings (SSSR count). The molecule has 0 saturated carbocycles. The Bertz CT molecular complexity index is 428. The molecular weight excluding hydrogens is 246 g/mol. The van der Waals surface area contributed by atoms with E-state index in [1.807, 2.05) is 12.1 Å². The van der Waals surface area contributed by atoms with Crippen molar-refractivity contribution in [2.45, 2.75) is 26.3 Å². The third kappa shape index (κ3) is 4.99. The third-order valence-corrected chi connectivity index (χ3v) is 2.54. The van der Waals surface area contributed by atoms with Gasteiger partial charge in [0.25, 0.3) is 0 Å². The van der Waals surface area contributed by atoms with Gasteiger partial charge < -0.3 is 14.8 Å². The minimum absolute atomic E-state index is 0.216. The summed E-state index contributed by atoms with van der Waals surface area (Å²) in [6, 6.07) is 6.57. The number of esters is 1. The average Bonchev–Trinajstić information content (AvgIpc) is 2.39. The van der Waals surface area contributed by atoms with Crippen molar-refractivity contribution in [1.82, 2.24) is 5.32 Å². The lowest BCUT2D eigenvalue weighted by atomic mass is 10.1. The van der Waals surface area contributed by atoms with E-state index in [1.54, 1.807) is 33.1 Å². The molecule has 0 fully saturated rings. The maximum Gasteiger partial charge on any atom is 0.328 e. The van der Waals surface area contributed by atoms with Crippen molar-refractivity contribution in [3.8, 4) is 5.75 Å². The summed E-state index contributed by atoms with van der Waals surface area (Å²) in [5.41, 5.74) is 0.856. The lowest BCUT2D eigenvalue weighted by molar-refractivity contribution is -0.146. The average molecular weight is 265 g/mol. The Balaban J connectivity index is 2.48. The fourth-order valence-electron chi connectivity index (χ4n) is 1.55. The smallest absolute Gasteiger partial charge is 0.328 e. The highest BCUT2D eigenvalue weighted by Crippen LogP contribution is 2.11. The molecule has 1 unspecified atom stereocenters. The summed E-state index contributed by atoms with van der Waals surface area (Å²) in [6.45, 7) is 3.63. The van der Waals surface area contributed by atoms with Crippen LogP contribution in [0.1, 0.15) is 19.4 Å². The van der Waals surface area contributed by atoms with E-state index >= 15 is 0 Å². The van der Waals surface area contributed by atoms with Crippen LogP contribution in [0.5, 0.6) is 5.75 Å². The van der Waals surface area contributed by atoms with E-state index in [9.17, 15) is 9.59 Å². The highest BCUT2D eigenvalue weighted by Gasteiger charge is 2.16.